The summed E-state index contributed by atoms with van der Waals surface area (Å²) < 4.78 is 0. The maximum absolute atomic E-state index is 10.5. The molecule has 0 aliphatic heterocycles. The van der Waals surface area contributed by atoms with Crippen molar-refractivity contribution in [1.29, 1.82) is 0 Å². The molecule has 0 aromatic carbocycles. The van der Waals surface area contributed by atoms with Gasteiger partial charge in [-0.3, -0.25) is 4.79 Å². The molecule has 1 nitrogen and oxygen atoms in total. The van der Waals surface area contributed by atoms with Crippen LogP contribution in [0.1, 0.15) is 40.5 Å². The molecule has 0 amide bonds. The van der Waals surface area contributed by atoms with Crippen molar-refractivity contribution in [3.05, 3.63) is 36.0 Å². The minimum atomic E-state index is 0.721. The van der Waals surface area contributed by atoms with Gasteiger partial charge in [0.05, 0.1) is 0 Å². The highest BCUT2D eigenvalue weighted by atomic mass is 16.1. The second-order valence-corrected chi connectivity index (χ2v) is 2.65. The van der Waals surface area contributed by atoms with Crippen LogP contribution in [-0.4, -0.2) is 6.29 Å². The average Bonchev–Trinajstić information content (AvgIpc) is 2.26. The molecular weight excluding hydrogens is 172 g/mol. The fourth-order valence-electron chi connectivity index (χ4n) is 0.758. The van der Waals surface area contributed by atoms with Crippen LogP contribution in [-0.2, 0) is 4.79 Å². The smallest absolute Gasteiger partial charge is 0.150 e. The molecule has 80 valence electrons. The summed E-state index contributed by atoms with van der Waals surface area (Å²) in [5, 5.41) is 0. The van der Waals surface area contributed by atoms with Gasteiger partial charge in [-0.05, 0) is 18.9 Å². The van der Waals surface area contributed by atoms with E-state index in [1.807, 2.05) is 32.9 Å². The standard InChI is InChI=1S/C11H16O.C2H6/c1-4-6-7-8-11(9-12)10(3)5-2;1-2/h5,7-9H,2,4,6H2,1,3H3;1-2H3/b8-7-,11-10+;. The maximum Gasteiger partial charge on any atom is 0.150 e. The highest BCUT2D eigenvalue weighted by Gasteiger charge is 1.91. The number of rotatable bonds is 5. The topological polar surface area (TPSA) is 17.1 Å². The molecule has 0 spiro atoms. The van der Waals surface area contributed by atoms with Gasteiger partial charge in [-0.1, -0.05) is 52.0 Å². The van der Waals surface area contributed by atoms with Crippen LogP contribution in [0.3, 0.4) is 0 Å². The van der Waals surface area contributed by atoms with Crippen molar-refractivity contribution >= 4 is 6.29 Å². The first-order chi connectivity index (χ1) is 6.76. The van der Waals surface area contributed by atoms with Gasteiger partial charge in [0.15, 0.2) is 0 Å². The van der Waals surface area contributed by atoms with E-state index < -0.39 is 0 Å². The van der Waals surface area contributed by atoms with E-state index in [9.17, 15) is 4.79 Å². The van der Waals surface area contributed by atoms with Gasteiger partial charge in [0.2, 0.25) is 0 Å². The van der Waals surface area contributed by atoms with Crippen molar-refractivity contribution in [2.75, 3.05) is 0 Å². The third-order valence-electron chi connectivity index (χ3n) is 1.64. The Morgan fingerprint density at radius 1 is 1.36 bits per heavy atom. The molecule has 0 radical (unpaired) electrons. The van der Waals surface area contributed by atoms with Crippen LogP contribution in [0.25, 0.3) is 0 Å². The fourth-order valence-corrected chi connectivity index (χ4v) is 0.758. The molecule has 0 aliphatic rings. The number of hydrogen-bond donors (Lipinski definition) is 0. The van der Waals surface area contributed by atoms with Crippen molar-refractivity contribution in [2.45, 2.75) is 40.5 Å². The molecule has 0 saturated carbocycles. The zero-order chi connectivity index (χ0) is 11.4. The highest BCUT2D eigenvalue weighted by Crippen LogP contribution is 2.04. The predicted octanol–water partition coefficient (Wildman–Crippen LogP) is 4.07. The van der Waals surface area contributed by atoms with Gasteiger partial charge >= 0.3 is 0 Å². The third kappa shape index (κ3) is 7.53. The quantitative estimate of drug-likeness (QED) is 0.366. The molecule has 0 saturated heterocycles. The molecule has 0 bridgehead atoms. The largest absolute Gasteiger partial charge is 0.298 e. The summed E-state index contributed by atoms with van der Waals surface area (Å²) in [5.41, 5.74) is 1.65. The van der Waals surface area contributed by atoms with Crippen molar-refractivity contribution in [3.63, 3.8) is 0 Å². The van der Waals surface area contributed by atoms with Gasteiger partial charge in [-0.15, -0.1) is 0 Å². The zero-order valence-corrected chi connectivity index (χ0v) is 9.84. The SMILES string of the molecule is C=C/C(C)=C(C=O)\C=C/CCC.CC. The van der Waals surface area contributed by atoms with Gasteiger partial charge in [-0.25, -0.2) is 0 Å². The molecule has 0 aliphatic carbocycles. The van der Waals surface area contributed by atoms with Crippen molar-refractivity contribution in [1.82, 2.24) is 0 Å². The van der Waals surface area contributed by atoms with E-state index in [-0.39, 0.29) is 0 Å². The highest BCUT2D eigenvalue weighted by molar-refractivity contribution is 5.79. The first-order valence-corrected chi connectivity index (χ1v) is 5.21. The minimum absolute atomic E-state index is 0.721. The molecular formula is C13H22O. The van der Waals surface area contributed by atoms with E-state index in [0.717, 1.165) is 30.3 Å². The van der Waals surface area contributed by atoms with Crippen LogP contribution in [0.5, 0.6) is 0 Å². The Hall–Kier alpha value is -1.11. The molecule has 14 heavy (non-hydrogen) atoms. The second-order valence-electron chi connectivity index (χ2n) is 2.65. The van der Waals surface area contributed by atoms with Crippen molar-refractivity contribution < 1.29 is 4.79 Å². The fraction of sp³-hybridized carbons (Fsp3) is 0.462. The van der Waals surface area contributed by atoms with E-state index in [0.29, 0.717) is 0 Å². The van der Waals surface area contributed by atoms with E-state index in [4.69, 9.17) is 0 Å². The Bertz CT molecular complexity index is 209. The molecule has 0 atom stereocenters. The number of carbonyl (C=O) groups excluding carboxylic acids is 1. The van der Waals surface area contributed by atoms with Gasteiger partial charge in [0, 0.05) is 5.57 Å². The number of aldehydes is 1. The molecule has 0 aromatic heterocycles. The zero-order valence-electron chi connectivity index (χ0n) is 9.84. The van der Waals surface area contributed by atoms with Crippen LogP contribution in [0, 0.1) is 0 Å². The number of unbranched alkanes of at least 4 members (excludes halogenated alkanes) is 1. The lowest BCUT2D eigenvalue weighted by Crippen LogP contribution is -1.83. The normalized spacial score (nSPS) is 11.4. The average molecular weight is 194 g/mol. The van der Waals surface area contributed by atoms with E-state index in [2.05, 4.69) is 13.5 Å². The Labute approximate surface area is 88.2 Å². The van der Waals surface area contributed by atoms with E-state index in [1.54, 1.807) is 6.08 Å². The van der Waals surface area contributed by atoms with Crippen molar-refractivity contribution in [2.24, 2.45) is 0 Å². The number of allylic oxidation sites excluding steroid dienone is 5. The van der Waals surface area contributed by atoms with Crippen LogP contribution in [0.15, 0.2) is 36.0 Å². The number of carbonyl (C=O) groups is 1. The maximum atomic E-state index is 10.5. The lowest BCUT2D eigenvalue weighted by Gasteiger charge is -1.94. The summed E-state index contributed by atoms with van der Waals surface area (Å²) >= 11 is 0. The summed E-state index contributed by atoms with van der Waals surface area (Å²) in [5.74, 6) is 0. The van der Waals surface area contributed by atoms with Gasteiger partial charge in [-0.2, -0.15) is 0 Å². The summed E-state index contributed by atoms with van der Waals surface area (Å²) in [6, 6.07) is 0. The van der Waals surface area contributed by atoms with Crippen LogP contribution in [0.4, 0.5) is 0 Å². The monoisotopic (exact) mass is 194 g/mol. The Morgan fingerprint density at radius 2 is 1.93 bits per heavy atom. The summed E-state index contributed by atoms with van der Waals surface area (Å²) in [6.07, 6.45) is 8.55. The molecule has 0 unspecified atom stereocenters. The summed E-state index contributed by atoms with van der Waals surface area (Å²) in [4.78, 5) is 10.5. The molecule has 0 N–H and O–H groups in total. The lowest BCUT2D eigenvalue weighted by molar-refractivity contribution is -0.104. The van der Waals surface area contributed by atoms with Crippen LogP contribution >= 0.6 is 0 Å². The van der Waals surface area contributed by atoms with E-state index >= 15 is 0 Å². The van der Waals surface area contributed by atoms with Gasteiger partial charge < -0.3 is 0 Å². The van der Waals surface area contributed by atoms with E-state index in [1.165, 1.54) is 0 Å². The first kappa shape index (κ1) is 15.4. The summed E-state index contributed by atoms with van der Waals surface area (Å²) in [7, 11) is 0. The summed E-state index contributed by atoms with van der Waals surface area (Å²) in [6.45, 7) is 11.6. The first-order valence-electron chi connectivity index (χ1n) is 5.21. The molecule has 1 heteroatoms. The minimum Gasteiger partial charge on any atom is -0.298 e. The molecule has 0 rings (SSSR count). The molecule has 0 fully saturated rings. The van der Waals surface area contributed by atoms with Gasteiger partial charge in [0.25, 0.3) is 0 Å². The van der Waals surface area contributed by atoms with Crippen LogP contribution in [0.2, 0.25) is 0 Å². The predicted molar refractivity (Wildman–Crippen MR) is 64.4 cm³/mol. The number of hydrogen-bond acceptors (Lipinski definition) is 1. The Morgan fingerprint density at radius 3 is 2.29 bits per heavy atom. The van der Waals surface area contributed by atoms with Gasteiger partial charge in [0.1, 0.15) is 6.29 Å². The third-order valence-corrected chi connectivity index (χ3v) is 1.64. The Kier molecular flexibility index (Phi) is 13.1. The van der Waals surface area contributed by atoms with Crippen molar-refractivity contribution in [3.8, 4) is 0 Å². The second kappa shape index (κ2) is 11.9. The Balaban J connectivity index is 0. The van der Waals surface area contributed by atoms with Crippen LogP contribution < -0.4 is 0 Å². The molecule has 0 heterocycles. The lowest BCUT2D eigenvalue weighted by atomic mass is 10.1. The molecule has 0 aromatic rings.